The molecule has 1 saturated carbocycles. The minimum Gasteiger partial charge on any atom is -0.396 e. The van der Waals surface area contributed by atoms with E-state index in [4.69, 9.17) is 11.6 Å². The number of sulfonamides is 1. The fraction of sp³-hybridized carbons (Fsp3) is 0.538. The summed E-state index contributed by atoms with van der Waals surface area (Å²) in [6.45, 7) is 0.354. The fourth-order valence-corrected chi connectivity index (χ4v) is 4.19. The Kier molecular flexibility index (Phi) is 4.20. The average Bonchev–Trinajstić information content (AvgIpc) is 2.33. The third-order valence-corrected chi connectivity index (χ3v) is 6.14. The Morgan fingerprint density at radius 3 is 2.47 bits per heavy atom. The van der Waals surface area contributed by atoms with Crippen LogP contribution < -0.4 is 0 Å². The Morgan fingerprint density at radius 2 is 2.00 bits per heavy atom. The second kappa shape index (κ2) is 5.40. The molecular formula is C13H18ClNO3S. The fourth-order valence-electron chi connectivity index (χ4n) is 2.42. The lowest BCUT2D eigenvalue weighted by molar-refractivity contribution is 0.0311. The van der Waals surface area contributed by atoms with Gasteiger partial charge < -0.3 is 5.11 Å². The molecule has 1 aliphatic carbocycles. The highest BCUT2D eigenvalue weighted by molar-refractivity contribution is 7.89. The highest BCUT2D eigenvalue weighted by Gasteiger charge is 2.40. The van der Waals surface area contributed by atoms with E-state index in [0.29, 0.717) is 6.54 Å². The predicted molar refractivity (Wildman–Crippen MR) is 74.6 cm³/mol. The quantitative estimate of drug-likeness (QED) is 0.906. The van der Waals surface area contributed by atoms with Crippen LogP contribution in [0.2, 0.25) is 5.02 Å². The Morgan fingerprint density at radius 1 is 1.37 bits per heavy atom. The van der Waals surface area contributed by atoms with E-state index in [1.807, 2.05) is 0 Å². The van der Waals surface area contributed by atoms with E-state index in [9.17, 15) is 13.5 Å². The molecule has 0 radical (unpaired) electrons. The minimum absolute atomic E-state index is 0.0232. The predicted octanol–water partition coefficient (Wildman–Crippen LogP) is 2.12. The summed E-state index contributed by atoms with van der Waals surface area (Å²) in [6.07, 6.45) is 2.78. The molecule has 0 aliphatic heterocycles. The summed E-state index contributed by atoms with van der Waals surface area (Å²) in [6, 6.07) is 6.41. The van der Waals surface area contributed by atoms with Gasteiger partial charge in [-0.3, -0.25) is 0 Å². The molecule has 0 saturated heterocycles. The van der Waals surface area contributed by atoms with Crippen molar-refractivity contribution in [1.82, 2.24) is 4.31 Å². The largest absolute Gasteiger partial charge is 0.396 e. The van der Waals surface area contributed by atoms with Crippen LogP contribution in [0.5, 0.6) is 0 Å². The molecule has 0 atom stereocenters. The van der Waals surface area contributed by atoms with Crippen molar-refractivity contribution in [3.05, 3.63) is 29.3 Å². The van der Waals surface area contributed by atoms with Gasteiger partial charge in [-0.15, -0.1) is 0 Å². The molecule has 1 fully saturated rings. The number of halogens is 1. The first kappa shape index (κ1) is 14.8. The van der Waals surface area contributed by atoms with E-state index in [2.05, 4.69) is 0 Å². The van der Waals surface area contributed by atoms with Crippen LogP contribution in [0.4, 0.5) is 0 Å². The molecule has 6 heteroatoms. The first-order valence-corrected chi connectivity index (χ1v) is 8.05. The van der Waals surface area contributed by atoms with Gasteiger partial charge in [0.15, 0.2) is 0 Å². The van der Waals surface area contributed by atoms with Gasteiger partial charge in [-0.05, 0) is 25.0 Å². The van der Waals surface area contributed by atoms with Crippen LogP contribution in [0.15, 0.2) is 29.2 Å². The topological polar surface area (TPSA) is 57.6 Å². The maximum Gasteiger partial charge on any atom is 0.244 e. The van der Waals surface area contributed by atoms with Crippen LogP contribution in [-0.2, 0) is 10.0 Å². The molecule has 1 aromatic rings. The summed E-state index contributed by atoms with van der Waals surface area (Å²) in [4.78, 5) is 0.117. The van der Waals surface area contributed by atoms with Crippen molar-refractivity contribution in [1.29, 1.82) is 0 Å². The highest BCUT2D eigenvalue weighted by Crippen LogP contribution is 2.41. The van der Waals surface area contributed by atoms with Gasteiger partial charge in [0, 0.05) is 25.6 Å². The summed E-state index contributed by atoms with van der Waals surface area (Å²) in [5.41, 5.74) is -0.275. The van der Waals surface area contributed by atoms with Gasteiger partial charge in [0.25, 0.3) is 0 Å². The monoisotopic (exact) mass is 303 g/mol. The van der Waals surface area contributed by atoms with Crippen molar-refractivity contribution in [3.63, 3.8) is 0 Å². The lowest BCUT2D eigenvalue weighted by Gasteiger charge is -2.42. The van der Waals surface area contributed by atoms with Gasteiger partial charge in [0.1, 0.15) is 4.90 Å². The molecule has 0 spiro atoms. The van der Waals surface area contributed by atoms with Crippen molar-refractivity contribution in [2.45, 2.75) is 24.2 Å². The van der Waals surface area contributed by atoms with E-state index in [-0.39, 0.29) is 21.9 Å². The summed E-state index contributed by atoms with van der Waals surface area (Å²) >= 11 is 5.95. The summed E-state index contributed by atoms with van der Waals surface area (Å²) in [7, 11) is -2.06. The first-order chi connectivity index (χ1) is 8.91. The molecule has 4 nitrogen and oxygen atoms in total. The Hall–Kier alpha value is -0.620. The second-order valence-electron chi connectivity index (χ2n) is 5.20. The summed E-state index contributed by atoms with van der Waals surface area (Å²) in [5, 5.41) is 9.65. The molecule has 1 aliphatic rings. The molecule has 0 amide bonds. The third kappa shape index (κ3) is 2.79. The zero-order valence-corrected chi connectivity index (χ0v) is 12.4. The standard InChI is InChI=1S/C13H18ClNO3S/c1-15(9-13(10-16)7-4-8-13)19(17,18)12-6-3-2-5-11(12)14/h2-3,5-6,16H,4,7-10H2,1H3. The highest BCUT2D eigenvalue weighted by atomic mass is 35.5. The number of aliphatic hydroxyl groups excluding tert-OH is 1. The van der Waals surface area contributed by atoms with E-state index in [1.54, 1.807) is 18.2 Å². The molecule has 106 valence electrons. The van der Waals surface area contributed by atoms with Gasteiger partial charge >= 0.3 is 0 Å². The molecule has 0 bridgehead atoms. The average molecular weight is 304 g/mol. The number of aliphatic hydroxyl groups is 1. The molecule has 0 heterocycles. The van der Waals surface area contributed by atoms with Gasteiger partial charge in [-0.1, -0.05) is 30.2 Å². The molecule has 2 rings (SSSR count). The number of rotatable bonds is 5. The normalized spacial score (nSPS) is 18.3. The molecule has 1 N–H and O–H groups in total. The Balaban J connectivity index is 2.23. The van der Waals surface area contributed by atoms with Gasteiger partial charge in [0.2, 0.25) is 10.0 Å². The molecule has 0 aromatic heterocycles. The van der Waals surface area contributed by atoms with Crippen LogP contribution >= 0.6 is 11.6 Å². The maximum atomic E-state index is 12.4. The van der Waals surface area contributed by atoms with Crippen molar-refractivity contribution in [3.8, 4) is 0 Å². The number of hydrogen-bond acceptors (Lipinski definition) is 3. The van der Waals surface area contributed by atoms with Crippen LogP contribution in [0, 0.1) is 5.41 Å². The van der Waals surface area contributed by atoms with Crippen molar-refractivity contribution >= 4 is 21.6 Å². The lowest BCUT2D eigenvalue weighted by Crippen LogP contribution is -2.45. The zero-order chi connectivity index (χ0) is 14.1. The Bertz CT molecular complexity index is 549. The van der Waals surface area contributed by atoms with Gasteiger partial charge in [-0.25, -0.2) is 12.7 Å². The van der Waals surface area contributed by atoms with Gasteiger partial charge in [0.05, 0.1) is 5.02 Å². The number of nitrogens with zero attached hydrogens (tertiary/aromatic N) is 1. The Labute approximate surface area is 119 Å². The second-order valence-corrected chi connectivity index (χ2v) is 7.62. The van der Waals surface area contributed by atoms with Gasteiger partial charge in [-0.2, -0.15) is 0 Å². The van der Waals surface area contributed by atoms with Crippen molar-refractivity contribution in [2.24, 2.45) is 5.41 Å². The third-order valence-electron chi connectivity index (χ3n) is 3.83. The maximum absolute atomic E-state index is 12.4. The van der Waals surface area contributed by atoms with Crippen LogP contribution in [-0.4, -0.2) is 38.0 Å². The van der Waals surface area contributed by atoms with E-state index < -0.39 is 10.0 Å². The summed E-state index contributed by atoms with van der Waals surface area (Å²) < 4.78 is 26.2. The molecule has 19 heavy (non-hydrogen) atoms. The lowest BCUT2D eigenvalue weighted by atomic mass is 9.69. The number of hydrogen-bond donors (Lipinski definition) is 1. The zero-order valence-electron chi connectivity index (χ0n) is 10.8. The van der Waals surface area contributed by atoms with E-state index >= 15 is 0 Å². The van der Waals surface area contributed by atoms with Crippen molar-refractivity contribution in [2.75, 3.05) is 20.2 Å². The van der Waals surface area contributed by atoms with Crippen LogP contribution in [0.1, 0.15) is 19.3 Å². The smallest absolute Gasteiger partial charge is 0.244 e. The molecular weight excluding hydrogens is 286 g/mol. The van der Waals surface area contributed by atoms with Crippen LogP contribution in [0.3, 0.4) is 0 Å². The van der Waals surface area contributed by atoms with Crippen molar-refractivity contribution < 1.29 is 13.5 Å². The minimum atomic E-state index is -3.60. The summed E-state index contributed by atoms with van der Waals surface area (Å²) in [5.74, 6) is 0. The molecule has 0 unspecified atom stereocenters. The number of benzene rings is 1. The van der Waals surface area contributed by atoms with Crippen LogP contribution in [0.25, 0.3) is 0 Å². The van der Waals surface area contributed by atoms with E-state index in [1.165, 1.54) is 17.4 Å². The SMILES string of the molecule is CN(CC1(CO)CCC1)S(=O)(=O)c1ccccc1Cl. The molecule has 1 aromatic carbocycles. The first-order valence-electron chi connectivity index (χ1n) is 6.23. The van der Waals surface area contributed by atoms with E-state index in [0.717, 1.165) is 19.3 Å².